The van der Waals surface area contributed by atoms with E-state index in [0.717, 1.165) is 5.39 Å². The molecule has 114 valence electrons. The molecular formula is C15H20N2O4. The number of para-hydroxylation sites is 1. The van der Waals surface area contributed by atoms with E-state index >= 15 is 0 Å². The normalized spacial score (nSPS) is 12.2. The van der Waals surface area contributed by atoms with Crippen LogP contribution >= 0.6 is 0 Å². The number of ether oxygens (including phenoxy) is 2. The number of nitrogens with zero attached hydrogens (tertiary/aromatic N) is 1. The standard InChI is InChI=1S/C15H20N2O4/c1-10(2)9-19-7-8-20-13-11-5-3-4-6-12(11)21-14(13)15(16)17-18/h3-6,10,18H,7-9H2,1-2H3,(H2,16,17). The van der Waals surface area contributed by atoms with Crippen LogP contribution in [0.3, 0.4) is 0 Å². The van der Waals surface area contributed by atoms with E-state index in [1.807, 2.05) is 18.2 Å². The quantitative estimate of drug-likeness (QED) is 0.269. The molecule has 0 radical (unpaired) electrons. The Morgan fingerprint density at radius 1 is 1.33 bits per heavy atom. The summed E-state index contributed by atoms with van der Waals surface area (Å²) in [4.78, 5) is 0. The van der Waals surface area contributed by atoms with E-state index in [9.17, 15) is 0 Å². The molecule has 0 atom stereocenters. The van der Waals surface area contributed by atoms with Crippen LogP contribution in [0, 0.1) is 5.92 Å². The first-order valence-electron chi connectivity index (χ1n) is 6.83. The Morgan fingerprint density at radius 3 is 2.81 bits per heavy atom. The summed E-state index contributed by atoms with van der Waals surface area (Å²) in [6.07, 6.45) is 0. The zero-order chi connectivity index (χ0) is 15.2. The van der Waals surface area contributed by atoms with E-state index in [1.165, 1.54) is 0 Å². The molecule has 0 aliphatic heterocycles. The highest BCUT2D eigenvalue weighted by Crippen LogP contribution is 2.32. The molecule has 0 saturated heterocycles. The van der Waals surface area contributed by atoms with Crippen LogP contribution in [0.5, 0.6) is 5.75 Å². The van der Waals surface area contributed by atoms with Crippen LogP contribution in [0.2, 0.25) is 0 Å². The third-order valence-corrected chi connectivity index (χ3v) is 2.82. The Balaban J connectivity index is 2.13. The minimum absolute atomic E-state index is 0.121. The van der Waals surface area contributed by atoms with Gasteiger partial charge in [0, 0.05) is 6.61 Å². The zero-order valence-corrected chi connectivity index (χ0v) is 12.2. The van der Waals surface area contributed by atoms with E-state index in [1.54, 1.807) is 6.07 Å². The van der Waals surface area contributed by atoms with Crippen LogP contribution in [0.1, 0.15) is 19.6 Å². The van der Waals surface area contributed by atoms with E-state index in [0.29, 0.717) is 37.1 Å². The summed E-state index contributed by atoms with van der Waals surface area (Å²) >= 11 is 0. The third-order valence-electron chi connectivity index (χ3n) is 2.82. The first-order chi connectivity index (χ1) is 10.1. The second kappa shape index (κ2) is 6.99. The van der Waals surface area contributed by atoms with Gasteiger partial charge in [-0.2, -0.15) is 0 Å². The highest BCUT2D eigenvalue weighted by Gasteiger charge is 2.18. The van der Waals surface area contributed by atoms with Gasteiger partial charge in [0.1, 0.15) is 12.2 Å². The van der Waals surface area contributed by atoms with Gasteiger partial charge in [-0.3, -0.25) is 0 Å². The Morgan fingerprint density at radius 2 is 2.10 bits per heavy atom. The number of amidine groups is 1. The molecule has 6 heteroatoms. The molecule has 1 heterocycles. The lowest BCUT2D eigenvalue weighted by molar-refractivity contribution is 0.0820. The fourth-order valence-electron chi connectivity index (χ4n) is 1.90. The van der Waals surface area contributed by atoms with Gasteiger partial charge in [-0.25, -0.2) is 0 Å². The molecule has 0 aliphatic rings. The van der Waals surface area contributed by atoms with Crippen LogP contribution in [-0.4, -0.2) is 30.9 Å². The molecule has 0 aliphatic carbocycles. The van der Waals surface area contributed by atoms with Crippen LogP contribution in [0.25, 0.3) is 11.0 Å². The van der Waals surface area contributed by atoms with Crippen molar-refractivity contribution in [3.63, 3.8) is 0 Å². The molecular weight excluding hydrogens is 272 g/mol. The van der Waals surface area contributed by atoms with Crippen molar-refractivity contribution in [1.82, 2.24) is 0 Å². The topological polar surface area (TPSA) is 90.2 Å². The summed E-state index contributed by atoms with van der Waals surface area (Å²) in [7, 11) is 0. The number of furan rings is 1. The van der Waals surface area contributed by atoms with Crippen molar-refractivity contribution in [2.75, 3.05) is 19.8 Å². The average molecular weight is 292 g/mol. The van der Waals surface area contributed by atoms with E-state index in [-0.39, 0.29) is 11.6 Å². The lowest BCUT2D eigenvalue weighted by atomic mass is 10.2. The van der Waals surface area contributed by atoms with Gasteiger partial charge >= 0.3 is 0 Å². The largest absolute Gasteiger partial charge is 0.486 e. The van der Waals surface area contributed by atoms with E-state index < -0.39 is 0 Å². The van der Waals surface area contributed by atoms with Gasteiger partial charge in [0.05, 0.1) is 12.0 Å². The molecule has 0 unspecified atom stereocenters. The molecule has 21 heavy (non-hydrogen) atoms. The summed E-state index contributed by atoms with van der Waals surface area (Å²) in [5.74, 6) is 1.05. The predicted octanol–water partition coefficient (Wildman–Crippen LogP) is 2.58. The van der Waals surface area contributed by atoms with Crippen LogP contribution in [0.4, 0.5) is 0 Å². The Hall–Kier alpha value is -2.21. The molecule has 0 fully saturated rings. The van der Waals surface area contributed by atoms with Gasteiger partial charge in [0.15, 0.2) is 5.75 Å². The maximum atomic E-state index is 8.83. The second-order valence-corrected chi connectivity index (χ2v) is 5.06. The number of hydrogen-bond acceptors (Lipinski definition) is 5. The SMILES string of the molecule is CC(C)COCCOc1c(/C(N)=N/O)oc2ccccc12. The molecule has 6 nitrogen and oxygen atoms in total. The maximum Gasteiger partial charge on any atom is 0.215 e. The highest BCUT2D eigenvalue weighted by molar-refractivity contribution is 6.03. The number of rotatable bonds is 7. The maximum absolute atomic E-state index is 8.83. The summed E-state index contributed by atoms with van der Waals surface area (Å²) in [6.45, 7) is 5.68. The van der Waals surface area contributed by atoms with Gasteiger partial charge in [-0.05, 0) is 18.1 Å². The van der Waals surface area contributed by atoms with Crippen molar-refractivity contribution in [1.29, 1.82) is 0 Å². The Kier molecular flexibility index (Phi) is 5.05. The minimum atomic E-state index is -0.121. The van der Waals surface area contributed by atoms with Gasteiger partial charge < -0.3 is 24.8 Å². The summed E-state index contributed by atoms with van der Waals surface area (Å²) in [6, 6.07) is 7.37. The van der Waals surface area contributed by atoms with Crippen molar-refractivity contribution < 1.29 is 19.1 Å². The van der Waals surface area contributed by atoms with Crippen LogP contribution in [-0.2, 0) is 4.74 Å². The number of oxime groups is 1. The van der Waals surface area contributed by atoms with Crippen molar-refractivity contribution in [2.24, 2.45) is 16.8 Å². The minimum Gasteiger partial charge on any atom is -0.486 e. The van der Waals surface area contributed by atoms with Crippen LogP contribution < -0.4 is 10.5 Å². The molecule has 0 spiro atoms. The molecule has 0 amide bonds. The first-order valence-corrected chi connectivity index (χ1v) is 6.83. The van der Waals surface area contributed by atoms with E-state index in [2.05, 4.69) is 19.0 Å². The van der Waals surface area contributed by atoms with Gasteiger partial charge in [0.25, 0.3) is 0 Å². The highest BCUT2D eigenvalue weighted by atomic mass is 16.5. The monoisotopic (exact) mass is 292 g/mol. The summed E-state index contributed by atoms with van der Waals surface area (Å²) in [5, 5.41) is 12.6. The average Bonchev–Trinajstić information content (AvgIpc) is 2.85. The fourth-order valence-corrected chi connectivity index (χ4v) is 1.90. The van der Waals surface area contributed by atoms with Crippen LogP contribution in [0.15, 0.2) is 33.8 Å². The number of benzene rings is 1. The molecule has 1 aromatic heterocycles. The van der Waals surface area contributed by atoms with E-state index in [4.69, 9.17) is 24.8 Å². The molecule has 2 aromatic rings. The Bertz CT molecular complexity index is 619. The fraction of sp³-hybridized carbons (Fsp3) is 0.400. The number of hydrogen-bond donors (Lipinski definition) is 2. The molecule has 0 saturated carbocycles. The van der Waals surface area contributed by atoms with Crippen molar-refractivity contribution in [2.45, 2.75) is 13.8 Å². The van der Waals surface area contributed by atoms with Crippen molar-refractivity contribution in [3.8, 4) is 5.75 Å². The molecule has 2 rings (SSSR count). The number of nitrogens with two attached hydrogens (primary N) is 1. The van der Waals surface area contributed by atoms with Gasteiger partial charge in [0.2, 0.25) is 11.6 Å². The molecule has 0 bridgehead atoms. The molecule has 1 aromatic carbocycles. The van der Waals surface area contributed by atoms with Crippen molar-refractivity contribution >= 4 is 16.8 Å². The van der Waals surface area contributed by atoms with Crippen molar-refractivity contribution in [3.05, 3.63) is 30.0 Å². The first kappa shape index (κ1) is 15.2. The lowest BCUT2D eigenvalue weighted by Crippen LogP contribution is -2.15. The smallest absolute Gasteiger partial charge is 0.215 e. The second-order valence-electron chi connectivity index (χ2n) is 5.06. The predicted molar refractivity (Wildman–Crippen MR) is 79.9 cm³/mol. The summed E-state index contributed by atoms with van der Waals surface area (Å²) in [5.41, 5.74) is 6.25. The Labute approximate surface area is 123 Å². The molecule has 3 N–H and O–H groups in total. The zero-order valence-electron chi connectivity index (χ0n) is 12.2. The number of fused-ring (bicyclic) bond motifs is 1. The third kappa shape index (κ3) is 3.66. The van der Waals surface area contributed by atoms with Gasteiger partial charge in [-0.1, -0.05) is 31.1 Å². The summed E-state index contributed by atoms with van der Waals surface area (Å²) < 4.78 is 16.7. The lowest BCUT2D eigenvalue weighted by Gasteiger charge is -2.08. The van der Waals surface area contributed by atoms with Gasteiger partial charge in [-0.15, -0.1) is 0 Å².